The summed E-state index contributed by atoms with van der Waals surface area (Å²) in [6.07, 6.45) is 0.747. The summed E-state index contributed by atoms with van der Waals surface area (Å²) in [4.78, 5) is 32.1. The number of nitrogens with zero attached hydrogens (tertiary/aromatic N) is 3. The Morgan fingerprint density at radius 3 is 2.71 bits per heavy atom. The predicted octanol–water partition coefficient (Wildman–Crippen LogP) is 2.45. The van der Waals surface area contributed by atoms with Crippen molar-refractivity contribution in [1.82, 2.24) is 20.1 Å². The highest BCUT2D eigenvalue weighted by molar-refractivity contribution is 7.18. The van der Waals surface area contributed by atoms with Crippen LogP contribution in [0.4, 0.5) is 4.79 Å². The molecule has 0 unspecified atom stereocenters. The molecular formula is C17H22N4O2S. The third-order valence-electron chi connectivity index (χ3n) is 4.11. The molecule has 0 spiro atoms. The van der Waals surface area contributed by atoms with Gasteiger partial charge in [0.15, 0.2) is 0 Å². The highest BCUT2D eigenvalue weighted by Gasteiger charge is 2.43. The van der Waals surface area contributed by atoms with Gasteiger partial charge in [-0.1, -0.05) is 12.1 Å². The van der Waals surface area contributed by atoms with E-state index in [1.807, 2.05) is 25.2 Å². The Hall–Kier alpha value is -1.99. The molecule has 2 heterocycles. The van der Waals surface area contributed by atoms with E-state index in [9.17, 15) is 9.59 Å². The maximum Gasteiger partial charge on any atom is 0.325 e. The summed E-state index contributed by atoms with van der Waals surface area (Å²) in [5, 5.41) is 3.78. The molecule has 1 fully saturated rings. The fourth-order valence-electron chi connectivity index (χ4n) is 2.82. The Morgan fingerprint density at radius 1 is 1.29 bits per heavy atom. The Kier molecular flexibility index (Phi) is 4.56. The number of amides is 3. The molecular weight excluding hydrogens is 324 g/mol. The minimum Gasteiger partial charge on any atom is -0.324 e. The second-order valence-corrected chi connectivity index (χ2v) is 7.79. The van der Waals surface area contributed by atoms with Gasteiger partial charge < -0.3 is 5.32 Å². The number of aromatic nitrogens is 1. The van der Waals surface area contributed by atoms with Crippen molar-refractivity contribution in [2.24, 2.45) is 0 Å². The van der Waals surface area contributed by atoms with Crippen LogP contribution in [0.3, 0.4) is 0 Å². The van der Waals surface area contributed by atoms with Gasteiger partial charge in [-0.3, -0.25) is 14.6 Å². The number of carbonyl (C=O) groups excluding carboxylic acids is 2. The first-order valence-corrected chi connectivity index (χ1v) is 8.85. The Labute approximate surface area is 145 Å². The Morgan fingerprint density at radius 2 is 2.04 bits per heavy atom. The van der Waals surface area contributed by atoms with Crippen molar-refractivity contribution in [3.63, 3.8) is 0 Å². The molecule has 1 aromatic heterocycles. The minimum absolute atomic E-state index is 0.152. The van der Waals surface area contributed by atoms with Crippen LogP contribution in [0.25, 0.3) is 10.2 Å². The number of thiazole rings is 1. The van der Waals surface area contributed by atoms with Crippen LogP contribution < -0.4 is 5.32 Å². The topological polar surface area (TPSA) is 65.5 Å². The third kappa shape index (κ3) is 3.42. The number of hydrogen-bond donors (Lipinski definition) is 1. The second kappa shape index (κ2) is 6.49. The molecule has 1 aliphatic rings. The molecule has 2 aromatic rings. The van der Waals surface area contributed by atoms with E-state index in [0.717, 1.165) is 30.0 Å². The standard InChI is InChI=1S/C17H22N4O2S/c1-17(2)15(22)21(16(23)19-17)10-6-9-20(3)11-14-18-12-7-4-5-8-13(12)24-14/h4-5,7-8H,6,9-11H2,1-3H3,(H,19,23). The van der Waals surface area contributed by atoms with Gasteiger partial charge in [0.05, 0.1) is 16.8 Å². The first kappa shape index (κ1) is 16.9. The SMILES string of the molecule is CN(CCCN1C(=O)NC(C)(C)C1=O)Cc1nc2ccccc2s1. The van der Waals surface area contributed by atoms with Crippen LogP contribution in [0.2, 0.25) is 0 Å². The molecule has 3 amide bonds. The molecule has 1 N–H and O–H groups in total. The van der Waals surface area contributed by atoms with Gasteiger partial charge in [-0.15, -0.1) is 11.3 Å². The van der Waals surface area contributed by atoms with Crippen molar-refractivity contribution >= 4 is 33.5 Å². The van der Waals surface area contributed by atoms with E-state index < -0.39 is 5.54 Å². The summed E-state index contributed by atoms with van der Waals surface area (Å²) >= 11 is 1.70. The number of urea groups is 1. The summed E-state index contributed by atoms with van der Waals surface area (Å²) < 4.78 is 1.20. The van der Waals surface area contributed by atoms with Gasteiger partial charge in [-0.25, -0.2) is 9.78 Å². The Bertz CT molecular complexity index is 738. The molecule has 1 saturated heterocycles. The van der Waals surface area contributed by atoms with Gasteiger partial charge in [0, 0.05) is 6.54 Å². The smallest absolute Gasteiger partial charge is 0.324 e. The largest absolute Gasteiger partial charge is 0.325 e. The van der Waals surface area contributed by atoms with E-state index >= 15 is 0 Å². The lowest BCUT2D eigenvalue weighted by atomic mass is 10.1. The van der Waals surface area contributed by atoms with Crippen LogP contribution in [-0.2, 0) is 11.3 Å². The molecule has 6 nitrogen and oxygen atoms in total. The zero-order valence-electron chi connectivity index (χ0n) is 14.2. The molecule has 24 heavy (non-hydrogen) atoms. The van der Waals surface area contributed by atoms with Crippen molar-refractivity contribution < 1.29 is 9.59 Å². The van der Waals surface area contributed by atoms with E-state index in [2.05, 4.69) is 21.3 Å². The predicted molar refractivity (Wildman–Crippen MR) is 94.9 cm³/mol. The molecule has 7 heteroatoms. The average Bonchev–Trinajstić information content (AvgIpc) is 2.99. The highest BCUT2D eigenvalue weighted by Crippen LogP contribution is 2.22. The highest BCUT2D eigenvalue weighted by atomic mass is 32.1. The number of para-hydroxylation sites is 1. The number of hydrogen-bond acceptors (Lipinski definition) is 5. The van der Waals surface area contributed by atoms with E-state index in [4.69, 9.17) is 0 Å². The number of carbonyl (C=O) groups is 2. The van der Waals surface area contributed by atoms with Crippen molar-refractivity contribution in [2.75, 3.05) is 20.1 Å². The molecule has 0 bridgehead atoms. The van der Waals surface area contributed by atoms with Gasteiger partial charge in [0.1, 0.15) is 10.5 Å². The monoisotopic (exact) mass is 346 g/mol. The molecule has 0 atom stereocenters. The molecule has 1 aromatic carbocycles. The fraction of sp³-hybridized carbons (Fsp3) is 0.471. The van der Waals surface area contributed by atoms with Crippen molar-refractivity contribution in [3.8, 4) is 0 Å². The van der Waals surface area contributed by atoms with Crippen LogP contribution in [-0.4, -0.2) is 52.4 Å². The lowest BCUT2D eigenvalue weighted by Gasteiger charge is -2.18. The number of nitrogens with one attached hydrogen (secondary N) is 1. The third-order valence-corrected chi connectivity index (χ3v) is 5.13. The summed E-state index contributed by atoms with van der Waals surface area (Å²) in [7, 11) is 2.03. The first-order chi connectivity index (χ1) is 11.4. The van der Waals surface area contributed by atoms with Gasteiger partial charge in [-0.2, -0.15) is 0 Å². The maximum atomic E-state index is 12.1. The zero-order valence-corrected chi connectivity index (χ0v) is 15.0. The van der Waals surface area contributed by atoms with E-state index in [0.29, 0.717) is 6.54 Å². The summed E-state index contributed by atoms with van der Waals surface area (Å²) in [6.45, 7) is 5.47. The van der Waals surface area contributed by atoms with E-state index in [1.54, 1.807) is 25.2 Å². The molecule has 0 radical (unpaired) electrons. The summed E-state index contributed by atoms with van der Waals surface area (Å²) in [5.41, 5.74) is 0.247. The van der Waals surface area contributed by atoms with Crippen LogP contribution in [0.5, 0.6) is 0 Å². The summed E-state index contributed by atoms with van der Waals surface area (Å²) in [5.74, 6) is -0.152. The van der Waals surface area contributed by atoms with Crippen molar-refractivity contribution in [1.29, 1.82) is 0 Å². The lowest BCUT2D eigenvalue weighted by molar-refractivity contribution is -0.130. The summed E-state index contributed by atoms with van der Waals surface area (Å²) in [6, 6.07) is 7.83. The number of imide groups is 1. The molecule has 0 saturated carbocycles. The van der Waals surface area contributed by atoms with Crippen molar-refractivity contribution in [2.45, 2.75) is 32.4 Å². The normalized spacial score (nSPS) is 17.1. The first-order valence-electron chi connectivity index (χ1n) is 8.04. The number of benzene rings is 1. The quantitative estimate of drug-likeness (QED) is 0.816. The molecule has 1 aliphatic heterocycles. The number of rotatable bonds is 6. The molecule has 128 valence electrons. The van der Waals surface area contributed by atoms with Crippen LogP contribution in [0, 0.1) is 0 Å². The lowest BCUT2D eigenvalue weighted by Crippen LogP contribution is -2.40. The maximum absolute atomic E-state index is 12.1. The van der Waals surface area contributed by atoms with Gasteiger partial charge in [0.2, 0.25) is 0 Å². The Balaban J connectivity index is 1.50. The van der Waals surface area contributed by atoms with E-state index in [-0.39, 0.29) is 11.9 Å². The van der Waals surface area contributed by atoms with Gasteiger partial charge >= 0.3 is 6.03 Å². The van der Waals surface area contributed by atoms with Crippen LogP contribution >= 0.6 is 11.3 Å². The van der Waals surface area contributed by atoms with Crippen LogP contribution in [0.1, 0.15) is 25.3 Å². The van der Waals surface area contributed by atoms with Gasteiger partial charge in [0.25, 0.3) is 5.91 Å². The van der Waals surface area contributed by atoms with Crippen molar-refractivity contribution in [3.05, 3.63) is 29.3 Å². The average molecular weight is 346 g/mol. The van der Waals surface area contributed by atoms with E-state index in [1.165, 1.54) is 9.60 Å². The number of fused-ring (bicyclic) bond motifs is 1. The van der Waals surface area contributed by atoms with Crippen LogP contribution in [0.15, 0.2) is 24.3 Å². The second-order valence-electron chi connectivity index (χ2n) is 6.68. The molecule has 0 aliphatic carbocycles. The van der Waals surface area contributed by atoms with Gasteiger partial charge in [-0.05, 0) is 46.0 Å². The zero-order chi connectivity index (χ0) is 17.3. The minimum atomic E-state index is -0.788. The fourth-order valence-corrected chi connectivity index (χ4v) is 3.86. The molecule has 3 rings (SSSR count).